The fourth-order valence-electron chi connectivity index (χ4n) is 1.58. The lowest BCUT2D eigenvalue weighted by molar-refractivity contribution is -0.0498. The predicted molar refractivity (Wildman–Crippen MR) is 72.6 cm³/mol. The number of nitrogens with one attached hydrogen (secondary N) is 1. The van der Waals surface area contributed by atoms with Crippen LogP contribution in [0.1, 0.15) is 30.6 Å². The number of amides is 1. The molecule has 0 bridgehead atoms. The quantitative estimate of drug-likeness (QED) is 0.324. The molecular weight excluding hydrogens is 284 g/mol. The molecule has 4 N–H and O–H groups in total. The van der Waals surface area contributed by atoms with Crippen molar-refractivity contribution in [1.82, 2.24) is 5.32 Å². The number of oxime groups is 1. The largest absolute Gasteiger partial charge is 0.435 e. The molecule has 1 aromatic rings. The molecule has 0 saturated heterocycles. The van der Waals surface area contributed by atoms with Crippen LogP contribution in [0, 0.1) is 0 Å². The fraction of sp³-hybridized carbons (Fsp3) is 0.385. The minimum Gasteiger partial charge on any atom is -0.435 e. The average Bonchev–Trinajstić information content (AvgIpc) is 2.45. The van der Waals surface area contributed by atoms with Crippen molar-refractivity contribution in [2.24, 2.45) is 10.9 Å². The van der Waals surface area contributed by atoms with E-state index in [4.69, 9.17) is 10.9 Å². The van der Waals surface area contributed by atoms with Gasteiger partial charge in [0.15, 0.2) is 5.84 Å². The highest BCUT2D eigenvalue weighted by Crippen LogP contribution is 2.17. The second kappa shape index (κ2) is 6.87. The average molecular weight is 301 g/mol. The third-order valence-corrected chi connectivity index (χ3v) is 3.09. The number of nitrogens with two attached hydrogens (primary N) is 1. The van der Waals surface area contributed by atoms with Gasteiger partial charge in [-0.2, -0.15) is 8.78 Å². The van der Waals surface area contributed by atoms with Gasteiger partial charge in [0.2, 0.25) is 0 Å². The Labute approximate surface area is 120 Å². The van der Waals surface area contributed by atoms with Crippen molar-refractivity contribution in [3.63, 3.8) is 0 Å². The molecule has 0 spiro atoms. The van der Waals surface area contributed by atoms with Gasteiger partial charge in [-0.05, 0) is 31.5 Å². The summed E-state index contributed by atoms with van der Waals surface area (Å²) >= 11 is 0. The van der Waals surface area contributed by atoms with Crippen molar-refractivity contribution in [3.05, 3.63) is 29.8 Å². The number of amidine groups is 1. The van der Waals surface area contributed by atoms with Gasteiger partial charge in [0.05, 0.1) is 5.54 Å². The first-order valence-electron chi connectivity index (χ1n) is 6.17. The van der Waals surface area contributed by atoms with Gasteiger partial charge in [-0.1, -0.05) is 18.1 Å². The maximum Gasteiger partial charge on any atom is 0.387 e. The Hall–Kier alpha value is -2.38. The summed E-state index contributed by atoms with van der Waals surface area (Å²) in [4.78, 5) is 12.1. The number of nitrogens with zero attached hydrogens (tertiary/aromatic N) is 1. The number of alkyl halides is 2. The number of halogens is 2. The first-order valence-corrected chi connectivity index (χ1v) is 6.17. The molecule has 1 amide bonds. The van der Waals surface area contributed by atoms with Crippen molar-refractivity contribution in [3.8, 4) is 5.75 Å². The van der Waals surface area contributed by atoms with Gasteiger partial charge >= 0.3 is 6.61 Å². The molecule has 21 heavy (non-hydrogen) atoms. The van der Waals surface area contributed by atoms with E-state index in [9.17, 15) is 13.6 Å². The summed E-state index contributed by atoms with van der Waals surface area (Å²) in [5, 5.41) is 14.2. The maximum atomic E-state index is 12.1. The molecule has 1 atom stereocenters. The first-order chi connectivity index (χ1) is 9.82. The van der Waals surface area contributed by atoms with Crippen LogP contribution in [-0.2, 0) is 0 Å². The highest BCUT2D eigenvalue weighted by atomic mass is 19.3. The third-order valence-electron chi connectivity index (χ3n) is 3.09. The van der Waals surface area contributed by atoms with Crippen LogP contribution in [0.4, 0.5) is 8.78 Å². The molecule has 0 radical (unpaired) electrons. The van der Waals surface area contributed by atoms with E-state index in [0.717, 1.165) is 0 Å². The second-order valence-corrected chi connectivity index (χ2v) is 4.53. The zero-order valence-corrected chi connectivity index (χ0v) is 11.6. The number of hydrogen-bond acceptors (Lipinski definition) is 4. The van der Waals surface area contributed by atoms with E-state index >= 15 is 0 Å². The van der Waals surface area contributed by atoms with Crippen LogP contribution in [0.3, 0.4) is 0 Å². The number of benzene rings is 1. The summed E-state index contributed by atoms with van der Waals surface area (Å²) in [6, 6.07) is 5.35. The monoisotopic (exact) mass is 301 g/mol. The van der Waals surface area contributed by atoms with Crippen LogP contribution in [0.25, 0.3) is 0 Å². The van der Waals surface area contributed by atoms with E-state index in [1.165, 1.54) is 24.3 Å². The minimum atomic E-state index is -2.97. The first kappa shape index (κ1) is 16.7. The van der Waals surface area contributed by atoms with Gasteiger partial charge in [-0.15, -0.1) is 0 Å². The molecule has 1 unspecified atom stereocenters. The number of carbonyl (C=O) groups is 1. The molecule has 6 nitrogen and oxygen atoms in total. The van der Waals surface area contributed by atoms with Crippen molar-refractivity contribution >= 4 is 11.7 Å². The Morgan fingerprint density at radius 3 is 2.76 bits per heavy atom. The Kier molecular flexibility index (Phi) is 5.45. The zero-order valence-electron chi connectivity index (χ0n) is 11.6. The topological polar surface area (TPSA) is 96.9 Å². The lowest BCUT2D eigenvalue weighted by Gasteiger charge is -2.28. The Balaban J connectivity index is 2.93. The summed E-state index contributed by atoms with van der Waals surface area (Å²) < 4.78 is 28.5. The summed E-state index contributed by atoms with van der Waals surface area (Å²) in [6.45, 7) is 0.357. The molecule has 1 aromatic carbocycles. The zero-order chi connectivity index (χ0) is 16.0. The van der Waals surface area contributed by atoms with E-state index in [2.05, 4.69) is 15.2 Å². The fourth-order valence-corrected chi connectivity index (χ4v) is 1.58. The van der Waals surface area contributed by atoms with Crippen molar-refractivity contribution in [1.29, 1.82) is 0 Å². The van der Waals surface area contributed by atoms with E-state index < -0.39 is 18.1 Å². The number of rotatable bonds is 6. The maximum absolute atomic E-state index is 12.1. The van der Waals surface area contributed by atoms with Gasteiger partial charge in [0.1, 0.15) is 5.75 Å². The minimum absolute atomic E-state index is 0.124. The Morgan fingerprint density at radius 1 is 1.57 bits per heavy atom. The van der Waals surface area contributed by atoms with Crippen molar-refractivity contribution in [2.45, 2.75) is 32.4 Å². The number of carbonyl (C=O) groups excluding carboxylic acids is 1. The number of hydrogen-bond donors (Lipinski definition) is 3. The van der Waals surface area contributed by atoms with Crippen molar-refractivity contribution in [2.75, 3.05) is 0 Å². The summed E-state index contributed by atoms with van der Waals surface area (Å²) in [7, 11) is 0. The van der Waals surface area contributed by atoms with Crippen LogP contribution in [0.15, 0.2) is 29.4 Å². The highest BCUT2D eigenvalue weighted by molar-refractivity contribution is 6.00. The van der Waals surface area contributed by atoms with Gasteiger partial charge in [-0.25, -0.2) is 0 Å². The van der Waals surface area contributed by atoms with Gasteiger partial charge in [0.25, 0.3) is 5.91 Å². The van der Waals surface area contributed by atoms with Crippen LogP contribution < -0.4 is 15.8 Å². The highest BCUT2D eigenvalue weighted by Gasteiger charge is 2.30. The Bertz CT molecular complexity index is 537. The van der Waals surface area contributed by atoms with E-state index in [1.54, 1.807) is 13.8 Å². The third kappa shape index (κ3) is 4.30. The Morgan fingerprint density at radius 2 is 2.24 bits per heavy atom. The number of ether oxygens (including phenoxy) is 1. The van der Waals surface area contributed by atoms with Crippen LogP contribution in [0.5, 0.6) is 5.75 Å². The van der Waals surface area contributed by atoms with Crippen molar-refractivity contribution < 1.29 is 23.5 Å². The van der Waals surface area contributed by atoms with E-state index in [-0.39, 0.29) is 17.1 Å². The molecule has 0 aromatic heterocycles. The van der Waals surface area contributed by atoms with Crippen LogP contribution in [0.2, 0.25) is 0 Å². The molecule has 8 heteroatoms. The van der Waals surface area contributed by atoms with Gasteiger partial charge in [0, 0.05) is 5.56 Å². The lowest BCUT2D eigenvalue weighted by atomic mass is 9.97. The van der Waals surface area contributed by atoms with Crippen LogP contribution >= 0.6 is 0 Å². The summed E-state index contributed by atoms with van der Waals surface area (Å²) in [6.07, 6.45) is 0.377. The molecule has 0 aliphatic rings. The molecule has 0 aliphatic heterocycles. The molecule has 1 rings (SSSR count). The van der Waals surface area contributed by atoms with E-state index in [0.29, 0.717) is 6.42 Å². The SMILES string of the molecule is CCC(C)(NC(=O)c1cccc(OC(F)F)c1)/C(N)=N/O. The van der Waals surface area contributed by atoms with Crippen LogP contribution in [-0.4, -0.2) is 29.1 Å². The molecule has 0 fully saturated rings. The molecule has 116 valence electrons. The molecular formula is C13H17F2N3O3. The van der Waals surface area contributed by atoms with E-state index in [1.807, 2.05) is 0 Å². The molecule has 0 saturated carbocycles. The summed E-state index contributed by atoms with van der Waals surface area (Å²) in [5.41, 5.74) is 4.62. The normalized spacial score (nSPS) is 14.6. The molecule has 0 heterocycles. The van der Waals surface area contributed by atoms with Gasteiger partial charge in [-0.3, -0.25) is 4.79 Å². The smallest absolute Gasteiger partial charge is 0.387 e. The second-order valence-electron chi connectivity index (χ2n) is 4.53. The predicted octanol–water partition coefficient (Wildman–Crippen LogP) is 1.93. The molecule has 0 aliphatic carbocycles. The van der Waals surface area contributed by atoms with Gasteiger partial charge < -0.3 is 21.0 Å². The summed E-state index contributed by atoms with van der Waals surface area (Å²) in [5.74, 6) is -0.830. The lowest BCUT2D eigenvalue weighted by Crippen LogP contribution is -2.55. The standard InChI is InChI=1S/C13H17F2N3O3/c1-3-13(2,11(16)18-20)17-10(19)8-5-4-6-9(7-8)21-12(14)15/h4-7,12,20H,3H2,1-2H3,(H2,16,18)(H,17,19).